The van der Waals surface area contributed by atoms with Crippen LogP contribution < -0.4 is 0 Å². The lowest BCUT2D eigenvalue weighted by Crippen LogP contribution is -2.01. The van der Waals surface area contributed by atoms with Crippen molar-refractivity contribution in [2.75, 3.05) is 0 Å². The van der Waals surface area contributed by atoms with Crippen molar-refractivity contribution in [1.82, 2.24) is 9.38 Å². The van der Waals surface area contributed by atoms with Crippen molar-refractivity contribution in [2.24, 2.45) is 0 Å². The maximum atomic E-state index is 11.1. The molecule has 0 spiro atoms. The highest BCUT2D eigenvalue weighted by molar-refractivity contribution is 6.34. The van der Waals surface area contributed by atoms with Crippen molar-refractivity contribution in [3.63, 3.8) is 0 Å². The number of rotatable bonds is 4. The highest BCUT2D eigenvalue weighted by Crippen LogP contribution is 2.23. The Hall–Kier alpha value is -2.08. The van der Waals surface area contributed by atoms with Crippen molar-refractivity contribution in [2.45, 2.75) is 12.8 Å². The Kier molecular flexibility index (Phi) is 3.20. The van der Waals surface area contributed by atoms with Crippen molar-refractivity contribution < 1.29 is 19.8 Å². The predicted molar refractivity (Wildman–Crippen MR) is 63.1 cm³/mol. The summed E-state index contributed by atoms with van der Waals surface area (Å²) in [5.41, 5.74) is 0.119. The van der Waals surface area contributed by atoms with Crippen LogP contribution in [0.15, 0.2) is 18.3 Å². The largest absolute Gasteiger partial charge is 0.481 e. The lowest BCUT2D eigenvalue weighted by atomic mass is 10.3. The summed E-state index contributed by atoms with van der Waals surface area (Å²) in [7, 11) is 0. The number of halogens is 1. The third kappa shape index (κ3) is 2.14. The van der Waals surface area contributed by atoms with Gasteiger partial charge in [-0.1, -0.05) is 11.6 Å². The number of carboxylic acid groups (broad SMARTS) is 2. The number of imidazole rings is 1. The van der Waals surface area contributed by atoms with E-state index in [4.69, 9.17) is 21.8 Å². The molecule has 0 atom stereocenters. The SMILES string of the molecule is O=C(O)CCc1nc(C(=O)O)c2c(Cl)cccn12. The van der Waals surface area contributed by atoms with Gasteiger partial charge in [0.2, 0.25) is 0 Å². The number of nitrogens with zero attached hydrogens (tertiary/aromatic N) is 2. The van der Waals surface area contributed by atoms with Crippen molar-refractivity contribution >= 4 is 29.1 Å². The maximum absolute atomic E-state index is 11.1. The molecule has 0 saturated heterocycles. The molecule has 0 radical (unpaired) electrons. The molecule has 2 aromatic heterocycles. The van der Waals surface area contributed by atoms with Crippen LogP contribution in [0.5, 0.6) is 0 Å². The lowest BCUT2D eigenvalue weighted by molar-refractivity contribution is -0.137. The van der Waals surface area contributed by atoms with Gasteiger partial charge in [0, 0.05) is 12.6 Å². The summed E-state index contributed by atoms with van der Waals surface area (Å²) in [6.07, 6.45) is 1.63. The Morgan fingerprint density at radius 1 is 1.39 bits per heavy atom. The molecule has 0 aromatic carbocycles. The third-order valence-electron chi connectivity index (χ3n) is 2.45. The monoisotopic (exact) mass is 268 g/mol. The summed E-state index contributed by atoms with van der Waals surface area (Å²) in [6, 6.07) is 3.21. The van der Waals surface area contributed by atoms with E-state index in [1.165, 1.54) is 4.40 Å². The summed E-state index contributed by atoms with van der Waals surface area (Å²) in [4.78, 5) is 25.5. The Labute approximate surface area is 106 Å². The second-order valence-electron chi connectivity index (χ2n) is 3.65. The lowest BCUT2D eigenvalue weighted by Gasteiger charge is -2.00. The predicted octanol–water partition coefficient (Wildman–Crippen LogP) is 1.70. The molecule has 0 aliphatic heterocycles. The number of aromatic nitrogens is 2. The zero-order chi connectivity index (χ0) is 13.3. The van der Waals surface area contributed by atoms with E-state index in [2.05, 4.69) is 4.98 Å². The molecule has 2 rings (SSSR count). The molecule has 7 heteroatoms. The first-order valence-electron chi connectivity index (χ1n) is 5.11. The summed E-state index contributed by atoms with van der Waals surface area (Å²) in [5, 5.41) is 18.0. The Bertz CT molecular complexity index is 635. The van der Waals surface area contributed by atoms with Crippen LogP contribution in [0.1, 0.15) is 22.7 Å². The van der Waals surface area contributed by atoms with E-state index >= 15 is 0 Å². The van der Waals surface area contributed by atoms with Gasteiger partial charge in [0.15, 0.2) is 5.69 Å². The molecule has 2 N–H and O–H groups in total. The summed E-state index contributed by atoms with van der Waals surface area (Å²) in [5.74, 6) is -1.79. The van der Waals surface area contributed by atoms with Gasteiger partial charge in [-0.3, -0.25) is 4.79 Å². The molecule has 0 aliphatic carbocycles. The molecule has 0 fully saturated rings. The van der Waals surface area contributed by atoms with Crippen LogP contribution in [0.4, 0.5) is 0 Å². The Morgan fingerprint density at radius 3 is 2.72 bits per heavy atom. The molecule has 2 heterocycles. The number of aromatic carboxylic acids is 1. The van der Waals surface area contributed by atoms with Crippen LogP contribution in [-0.2, 0) is 11.2 Å². The second-order valence-corrected chi connectivity index (χ2v) is 4.06. The van der Waals surface area contributed by atoms with Crippen molar-refractivity contribution in [3.8, 4) is 0 Å². The summed E-state index contributed by atoms with van der Waals surface area (Å²) in [6.45, 7) is 0. The van der Waals surface area contributed by atoms with Gasteiger partial charge in [-0.15, -0.1) is 0 Å². The quantitative estimate of drug-likeness (QED) is 0.880. The van der Waals surface area contributed by atoms with Crippen molar-refractivity contribution in [1.29, 1.82) is 0 Å². The Balaban J connectivity index is 2.58. The molecular formula is C11H9ClN2O4. The fraction of sp³-hybridized carbons (Fsp3) is 0.182. The van der Waals surface area contributed by atoms with Crippen LogP contribution in [0.2, 0.25) is 5.02 Å². The van der Waals surface area contributed by atoms with Crippen LogP contribution in [0.25, 0.3) is 5.52 Å². The van der Waals surface area contributed by atoms with E-state index in [1.807, 2.05) is 0 Å². The summed E-state index contributed by atoms with van der Waals surface area (Å²) < 4.78 is 1.51. The fourth-order valence-corrected chi connectivity index (χ4v) is 1.96. The normalized spacial score (nSPS) is 10.7. The number of carbonyl (C=O) groups is 2. The number of carboxylic acids is 2. The van der Waals surface area contributed by atoms with E-state index in [0.29, 0.717) is 5.82 Å². The molecular weight excluding hydrogens is 260 g/mol. The number of aryl methyl sites for hydroxylation is 1. The minimum Gasteiger partial charge on any atom is -0.481 e. The van der Waals surface area contributed by atoms with Gasteiger partial charge in [0.05, 0.1) is 17.0 Å². The van der Waals surface area contributed by atoms with Crippen molar-refractivity contribution in [3.05, 3.63) is 34.9 Å². The van der Waals surface area contributed by atoms with Gasteiger partial charge in [0.25, 0.3) is 0 Å². The summed E-state index contributed by atoms with van der Waals surface area (Å²) >= 11 is 5.94. The first-order valence-corrected chi connectivity index (χ1v) is 5.49. The third-order valence-corrected chi connectivity index (χ3v) is 2.76. The van der Waals surface area contributed by atoms with Gasteiger partial charge in [0.1, 0.15) is 5.82 Å². The first-order chi connectivity index (χ1) is 8.50. The van der Waals surface area contributed by atoms with Gasteiger partial charge < -0.3 is 14.6 Å². The highest BCUT2D eigenvalue weighted by Gasteiger charge is 2.19. The molecule has 0 unspecified atom stereocenters. The van der Waals surface area contributed by atoms with E-state index in [1.54, 1.807) is 18.3 Å². The van der Waals surface area contributed by atoms with E-state index in [-0.39, 0.29) is 29.1 Å². The minimum atomic E-state index is -1.19. The van der Waals surface area contributed by atoms with Gasteiger partial charge in [-0.05, 0) is 12.1 Å². The smallest absolute Gasteiger partial charge is 0.356 e. The molecule has 2 aromatic rings. The molecule has 0 saturated carbocycles. The molecule has 6 nitrogen and oxygen atoms in total. The zero-order valence-corrected chi connectivity index (χ0v) is 9.89. The highest BCUT2D eigenvalue weighted by atomic mass is 35.5. The van der Waals surface area contributed by atoms with Gasteiger partial charge in [-0.2, -0.15) is 0 Å². The minimum absolute atomic E-state index is 0.120. The Morgan fingerprint density at radius 2 is 2.11 bits per heavy atom. The van der Waals surface area contributed by atoms with Gasteiger partial charge >= 0.3 is 11.9 Å². The standard InChI is InChI=1S/C11H9ClN2O4/c12-6-2-1-5-14-7(3-4-8(15)16)13-9(10(6)14)11(17)18/h1-2,5H,3-4H2,(H,15,16)(H,17,18). The number of hydrogen-bond donors (Lipinski definition) is 2. The number of fused-ring (bicyclic) bond motifs is 1. The molecule has 94 valence electrons. The average Bonchev–Trinajstić information content (AvgIpc) is 2.67. The number of pyridine rings is 1. The topological polar surface area (TPSA) is 91.9 Å². The van der Waals surface area contributed by atoms with E-state index in [9.17, 15) is 9.59 Å². The van der Waals surface area contributed by atoms with Crippen LogP contribution in [-0.4, -0.2) is 31.5 Å². The molecule has 0 amide bonds. The number of hydrogen-bond acceptors (Lipinski definition) is 3. The van der Waals surface area contributed by atoms with E-state index in [0.717, 1.165) is 0 Å². The van der Waals surface area contributed by atoms with Crippen LogP contribution in [0, 0.1) is 0 Å². The average molecular weight is 269 g/mol. The number of aliphatic carboxylic acids is 1. The first kappa shape index (κ1) is 12.4. The molecule has 0 bridgehead atoms. The fourth-order valence-electron chi connectivity index (χ4n) is 1.70. The second kappa shape index (κ2) is 4.66. The molecule has 18 heavy (non-hydrogen) atoms. The maximum Gasteiger partial charge on any atom is 0.356 e. The van der Waals surface area contributed by atoms with Gasteiger partial charge in [-0.25, -0.2) is 9.78 Å². The zero-order valence-electron chi connectivity index (χ0n) is 9.13. The van der Waals surface area contributed by atoms with Crippen LogP contribution in [0.3, 0.4) is 0 Å². The van der Waals surface area contributed by atoms with Crippen LogP contribution >= 0.6 is 11.6 Å². The molecule has 0 aliphatic rings. The van der Waals surface area contributed by atoms with E-state index < -0.39 is 11.9 Å².